The van der Waals surface area contributed by atoms with Gasteiger partial charge in [-0.25, -0.2) is 0 Å². The molecule has 3 N–H and O–H groups in total. The average molecular weight is 232 g/mol. The van der Waals surface area contributed by atoms with Gasteiger partial charge in [-0.3, -0.25) is 11.3 Å². The van der Waals surface area contributed by atoms with E-state index in [1.54, 1.807) is 19.6 Å². The minimum atomic E-state index is 0.0186. The molecule has 17 heavy (non-hydrogen) atoms. The largest absolute Gasteiger partial charge is 0.496 e. The van der Waals surface area contributed by atoms with Gasteiger partial charge in [0.1, 0.15) is 5.75 Å². The van der Waals surface area contributed by atoms with E-state index in [0.717, 1.165) is 23.3 Å². The van der Waals surface area contributed by atoms with Gasteiger partial charge < -0.3 is 9.15 Å². The van der Waals surface area contributed by atoms with Gasteiger partial charge in [0.2, 0.25) is 0 Å². The lowest BCUT2D eigenvalue weighted by atomic mass is 10.0. The van der Waals surface area contributed by atoms with Crippen molar-refractivity contribution < 1.29 is 9.15 Å². The summed E-state index contributed by atoms with van der Waals surface area (Å²) in [6.45, 7) is 0. The Morgan fingerprint density at radius 1 is 1.35 bits per heavy atom. The zero-order chi connectivity index (χ0) is 12.1. The summed E-state index contributed by atoms with van der Waals surface area (Å²) in [7, 11) is 1.67. The zero-order valence-electron chi connectivity index (χ0n) is 9.72. The molecule has 4 heteroatoms. The summed E-state index contributed by atoms with van der Waals surface area (Å²) in [6, 6.07) is 9.83. The molecule has 1 unspecified atom stereocenters. The molecule has 0 aliphatic rings. The molecule has 0 aliphatic carbocycles. The molecule has 2 aromatic rings. The van der Waals surface area contributed by atoms with Crippen LogP contribution in [0.5, 0.6) is 5.75 Å². The first-order valence-electron chi connectivity index (χ1n) is 5.45. The van der Waals surface area contributed by atoms with E-state index in [9.17, 15) is 0 Å². The highest BCUT2D eigenvalue weighted by Gasteiger charge is 2.13. The van der Waals surface area contributed by atoms with Gasteiger partial charge in [-0.2, -0.15) is 0 Å². The fourth-order valence-corrected chi connectivity index (χ4v) is 1.84. The molecule has 0 radical (unpaired) electrons. The molecule has 0 bridgehead atoms. The summed E-state index contributed by atoms with van der Waals surface area (Å²) < 4.78 is 10.4. The molecule has 1 aromatic carbocycles. The number of hydrazine groups is 1. The van der Waals surface area contributed by atoms with Crippen LogP contribution in [0.25, 0.3) is 0 Å². The van der Waals surface area contributed by atoms with Crippen LogP contribution in [0, 0.1) is 0 Å². The van der Waals surface area contributed by atoms with Crippen LogP contribution in [0.4, 0.5) is 0 Å². The van der Waals surface area contributed by atoms with Crippen LogP contribution in [0.2, 0.25) is 0 Å². The van der Waals surface area contributed by atoms with E-state index in [1.807, 2.05) is 30.3 Å². The summed E-state index contributed by atoms with van der Waals surface area (Å²) in [5, 5.41) is 0. The maximum Gasteiger partial charge on any atom is 0.122 e. The van der Waals surface area contributed by atoms with Crippen molar-refractivity contribution in [3.05, 3.63) is 54.0 Å². The van der Waals surface area contributed by atoms with E-state index in [-0.39, 0.29) is 6.04 Å². The average Bonchev–Trinajstić information content (AvgIpc) is 2.90. The number of furan rings is 1. The quantitative estimate of drug-likeness (QED) is 0.611. The first kappa shape index (κ1) is 11.7. The van der Waals surface area contributed by atoms with Crippen molar-refractivity contribution >= 4 is 0 Å². The molecule has 90 valence electrons. The van der Waals surface area contributed by atoms with Gasteiger partial charge in [0, 0.05) is 5.56 Å². The molecule has 1 atom stereocenters. The number of hydrogen-bond donors (Lipinski definition) is 2. The van der Waals surface area contributed by atoms with E-state index in [2.05, 4.69) is 5.43 Å². The number of ether oxygens (including phenoxy) is 1. The molecule has 0 fully saturated rings. The van der Waals surface area contributed by atoms with Crippen molar-refractivity contribution in [2.24, 2.45) is 5.84 Å². The molecule has 2 rings (SSSR count). The third kappa shape index (κ3) is 2.67. The Balaban J connectivity index is 2.18. The summed E-state index contributed by atoms with van der Waals surface area (Å²) in [5.41, 5.74) is 4.93. The number of nitrogens with two attached hydrogens (primary N) is 1. The van der Waals surface area contributed by atoms with E-state index < -0.39 is 0 Å². The second kappa shape index (κ2) is 5.52. The lowest BCUT2D eigenvalue weighted by Crippen LogP contribution is -2.29. The predicted molar refractivity (Wildman–Crippen MR) is 65.5 cm³/mol. The van der Waals surface area contributed by atoms with Crippen LogP contribution in [-0.4, -0.2) is 7.11 Å². The fourth-order valence-electron chi connectivity index (χ4n) is 1.84. The Morgan fingerprint density at radius 2 is 2.18 bits per heavy atom. The number of hydrogen-bond acceptors (Lipinski definition) is 4. The molecule has 0 aliphatic heterocycles. The summed E-state index contributed by atoms with van der Waals surface area (Å²) >= 11 is 0. The number of benzene rings is 1. The van der Waals surface area contributed by atoms with E-state index in [1.165, 1.54) is 0 Å². The maximum absolute atomic E-state index is 5.57. The maximum atomic E-state index is 5.57. The second-order valence-electron chi connectivity index (χ2n) is 3.79. The van der Waals surface area contributed by atoms with Crippen LogP contribution in [0.3, 0.4) is 0 Å². The summed E-state index contributed by atoms with van der Waals surface area (Å²) in [5.74, 6) is 6.44. The monoisotopic (exact) mass is 232 g/mol. The zero-order valence-corrected chi connectivity index (χ0v) is 9.72. The Bertz CT molecular complexity index is 454. The molecule has 0 spiro atoms. The van der Waals surface area contributed by atoms with Crippen LogP contribution < -0.4 is 16.0 Å². The van der Waals surface area contributed by atoms with Gasteiger partial charge >= 0.3 is 0 Å². The molecule has 0 amide bonds. The van der Waals surface area contributed by atoms with Crippen molar-refractivity contribution in [2.75, 3.05) is 7.11 Å². The van der Waals surface area contributed by atoms with Crippen LogP contribution in [0.1, 0.15) is 17.2 Å². The SMILES string of the molecule is COc1ccccc1CC(NN)c1ccoc1. The highest BCUT2D eigenvalue weighted by molar-refractivity contribution is 5.34. The topological polar surface area (TPSA) is 60.4 Å². The lowest BCUT2D eigenvalue weighted by molar-refractivity contribution is 0.405. The standard InChI is InChI=1S/C13H16N2O2/c1-16-13-5-3-2-4-10(13)8-12(15-14)11-6-7-17-9-11/h2-7,9,12,15H,8,14H2,1H3. The van der Waals surface area contributed by atoms with E-state index in [0.29, 0.717) is 0 Å². The molecule has 0 saturated heterocycles. The normalized spacial score (nSPS) is 12.4. The third-order valence-electron chi connectivity index (χ3n) is 2.76. The molecular weight excluding hydrogens is 216 g/mol. The molecular formula is C13H16N2O2. The first-order chi connectivity index (χ1) is 8.35. The van der Waals surface area contributed by atoms with Crippen LogP contribution in [-0.2, 0) is 6.42 Å². The van der Waals surface area contributed by atoms with Crippen molar-refractivity contribution in [3.63, 3.8) is 0 Å². The second-order valence-corrected chi connectivity index (χ2v) is 3.79. The van der Waals surface area contributed by atoms with Crippen molar-refractivity contribution in [3.8, 4) is 5.75 Å². The molecule has 1 aromatic heterocycles. The smallest absolute Gasteiger partial charge is 0.122 e. The van der Waals surface area contributed by atoms with Crippen molar-refractivity contribution in [1.82, 2.24) is 5.43 Å². The minimum absolute atomic E-state index is 0.0186. The van der Waals surface area contributed by atoms with Crippen LogP contribution >= 0.6 is 0 Å². The fraction of sp³-hybridized carbons (Fsp3) is 0.231. The van der Waals surface area contributed by atoms with Gasteiger partial charge in [0.25, 0.3) is 0 Å². The first-order valence-corrected chi connectivity index (χ1v) is 5.45. The highest BCUT2D eigenvalue weighted by atomic mass is 16.5. The van der Waals surface area contributed by atoms with E-state index in [4.69, 9.17) is 15.0 Å². The summed E-state index contributed by atoms with van der Waals surface area (Å²) in [4.78, 5) is 0. The van der Waals surface area contributed by atoms with Crippen LogP contribution in [0.15, 0.2) is 47.3 Å². The molecule has 4 nitrogen and oxygen atoms in total. The van der Waals surface area contributed by atoms with E-state index >= 15 is 0 Å². The van der Waals surface area contributed by atoms with Crippen molar-refractivity contribution in [2.45, 2.75) is 12.5 Å². The van der Waals surface area contributed by atoms with Gasteiger partial charge in [-0.05, 0) is 24.1 Å². The Hall–Kier alpha value is -1.78. The summed E-state index contributed by atoms with van der Waals surface area (Å²) in [6.07, 6.45) is 4.09. The predicted octanol–water partition coefficient (Wildman–Crippen LogP) is 2.04. The minimum Gasteiger partial charge on any atom is -0.496 e. The van der Waals surface area contributed by atoms with Gasteiger partial charge in [0.05, 0.1) is 25.7 Å². The number of rotatable bonds is 5. The Morgan fingerprint density at radius 3 is 2.82 bits per heavy atom. The third-order valence-corrected chi connectivity index (χ3v) is 2.76. The lowest BCUT2D eigenvalue weighted by Gasteiger charge is -2.16. The number of methoxy groups -OCH3 is 1. The van der Waals surface area contributed by atoms with Gasteiger partial charge in [-0.1, -0.05) is 18.2 Å². The Labute approximate surface area is 100 Å². The van der Waals surface area contributed by atoms with Gasteiger partial charge in [0.15, 0.2) is 0 Å². The van der Waals surface area contributed by atoms with Gasteiger partial charge in [-0.15, -0.1) is 0 Å². The molecule has 1 heterocycles. The number of nitrogens with one attached hydrogen (secondary N) is 1. The Kier molecular flexibility index (Phi) is 3.80. The highest BCUT2D eigenvalue weighted by Crippen LogP contribution is 2.24. The van der Waals surface area contributed by atoms with Crippen molar-refractivity contribution in [1.29, 1.82) is 0 Å². The molecule has 0 saturated carbocycles. The number of para-hydroxylation sites is 1.